The molecule has 0 spiro atoms. The maximum Gasteiger partial charge on any atom is 0.288 e. The highest BCUT2D eigenvalue weighted by molar-refractivity contribution is 6.32. The van der Waals surface area contributed by atoms with Gasteiger partial charge in [-0.15, -0.1) is 0 Å². The molecule has 1 aliphatic rings. The van der Waals surface area contributed by atoms with E-state index < -0.39 is 4.92 Å². The molecule has 1 aliphatic heterocycles. The predicted molar refractivity (Wildman–Crippen MR) is 80.7 cm³/mol. The van der Waals surface area contributed by atoms with Crippen molar-refractivity contribution in [3.05, 3.63) is 38.9 Å². The molecule has 0 saturated carbocycles. The van der Waals surface area contributed by atoms with Crippen molar-refractivity contribution < 1.29 is 9.72 Å². The molecule has 0 N–H and O–H groups in total. The molecule has 1 amide bonds. The fourth-order valence-corrected chi connectivity index (χ4v) is 2.85. The third-order valence-electron chi connectivity index (χ3n) is 3.60. The summed E-state index contributed by atoms with van der Waals surface area (Å²) >= 11 is 5.78. The number of hydrogen-bond acceptors (Lipinski definition) is 4. The molecular formula is C14H18ClN3O3. The summed E-state index contributed by atoms with van der Waals surface area (Å²) in [5.74, 6) is -0.167. The third kappa shape index (κ3) is 3.51. The average Bonchev–Trinajstić information content (AvgIpc) is 2.85. The van der Waals surface area contributed by atoms with E-state index in [1.54, 1.807) is 11.0 Å². The Balaban J connectivity index is 2.23. The van der Waals surface area contributed by atoms with Crippen molar-refractivity contribution >= 4 is 23.2 Å². The van der Waals surface area contributed by atoms with Crippen molar-refractivity contribution in [2.75, 3.05) is 27.2 Å². The van der Waals surface area contributed by atoms with Crippen LogP contribution < -0.4 is 0 Å². The summed E-state index contributed by atoms with van der Waals surface area (Å²) in [7, 11) is 3.93. The number of carbonyl (C=O) groups excluding carboxylic acids is 1. The third-order valence-corrected chi connectivity index (χ3v) is 3.92. The normalized spacial score (nSPS) is 18.3. The number of benzene rings is 1. The van der Waals surface area contributed by atoms with Gasteiger partial charge in [0.1, 0.15) is 5.02 Å². The van der Waals surface area contributed by atoms with Gasteiger partial charge in [-0.25, -0.2) is 0 Å². The summed E-state index contributed by atoms with van der Waals surface area (Å²) in [6, 6.07) is 4.37. The van der Waals surface area contributed by atoms with Gasteiger partial charge in [0.25, 0.3) is 11.6 Å². The number of nitro groups is 1. The van der Waals surface area contributed by atoms with E-state index in [1.165, 1.54) is 12.1 Å². The van der Waals surface area contributed by atoms with Gasteiger partial charge in [0, 0.05) is 30.8 Å². The van der Waals surface area contributed by atoms with Gasteiger partial charge in [-0.3, -0.25) is 14.9 Å². The second-order valence-corrected chi connectivity index (χ2v) is 5.89. The average molecular weight is 312 g/mol. The molecule has 1 aromatic rings. The quantitative estimate of drug-likeness (QED) is 0.632. The molecule has 7 heteroatoms. The van der Waals surface area contributed by atoms with E-state index in [0.29, 0.717) is 12.1 Å². The van der Waals surface area contributed by atoms with Gasteiger partial charge >= 0.3 is 0 Å². The molecule has 1 heterocycles. The van der Waals surface area contributed by atoms with Crippen LogP contribution in [0.15, 0.2) is 18.2 Å². The number of nitrogens with zero attached hydrogens (tertiary/aromatic N) is 3. The number of halogens is 1. The van der Waals surface area contributed by atoms with E-state index in [-0.39, 0.29) is 22.7 Å². The number of nitro benzene ring substituents is 1. The molecule has 1 saturated heterocycles. The lowest BCUT2D eigenvalue weighted by molar-refractivity contribution is -0.384. The number of carbonyl (C=O) groups is 1. The number of likely N-dealkylation sites (tertiary alicyclic amines) is 1. The van der Waals surface area contributed by atoms with Crippen LogP contribution >= 0.6 is 11.6 Å². The van der Waals surface area contributed by atoms with E-state index in [4.69, 9.17) is 11.6 Å². The Kier molecular flexibility index (Phi) is 4.80. The van der Waals surface area contributed by atoms with Crippen molar-refractivity contribution in [1.82, 2.24) is 9.80 Å². The molecule has 1 atom stereocenters. The molecular weight excluding hydrogens is 294 g/mol. The smallest absolute Gasteiger partial charge is 0.288 e. The molecule has 0 aliphatic carbocycles. The molecule has 21 heavy (non-hydrogen) atoms. The van der Waals surface area contributed by atoms with Crippen LogP contribution in [0.4, 0.5) is 5.69 Å². The van der Waals surface area contributed by atoms with Crippen molar-refractivity contribution in [1.29, 1.82) is 0 Å². The maximum atomic E-state index is 12.6. The van der Waals surface area contributed by atoms with Crippen LogP contribution in [0, 0.1) is 10.1 Å². The first-order valence-corrected chi connectivity index (χ1v) is 7.17. The van der Waals surface area contributed by atoms with Gasteiger partial charge in [-0.05, 0) is 39.1 Å². The lowest BCUT2D eigenvalue weighted by Gasteiger charge is -2.27. The first kappa shape index (κ1) is 15.7. The van der Waals surface area contributed by atoms with Crippen LogP contribution in [0.2, 0.25) is 5.02 Å². The lowest BCUT2D eigenvalue weighted by Crippen LogP contribution is -2.41. The number of likely N-dealkylation sites (N-methyl/N-ethyl adjacent to an activating group) is 1. The van der Waals surface area contributed by atoms with Gasteiger partial charge in [-0.2, -0.15) is 0 Å². The molecule has 0 aromatic heterocycles. The Hall–Kier alpha value is -1.66. The van der Waals surface area contributed by atoms with Gasteiger partial charge in [0.05, 0.1) is 4.92 Å². The predicted octanol–water partition coefficient (Wildman–Crippen LogP) is 2.41. The van der Waals surface area contributed by atoms with Gasteiger partial charge < -0.3 is 9.80 Å². The molecule has 1 aromatic carbocycles. The highest BCUT2D eigenvalue weighted by Gasteiger charge is 2.30. The fraction of sp³-hybridized carbons (Fsp3) is 0.500. The lowest BCUT2D eigenvalue weighted by atomic mass is 10.1. The standard InChI is InChI=1S/C14H18ClN3O3/c1-16(2)9-11-4-3-7-17(11)14(19)10-5-6-12(15)13(8-10)18(20)21/h5-6,8,11H,3-4,7,9H2,1-2H3. The van der Waals surface area contributed by atoms with Crippen LogP contribution in [0.5, 0.6) is 0 Å². The fourth-order valence-electron chi connectivity index (χ4n) is 2.67. The molecule has 114 valence electrons. The summed E-state index contributed by atoms with van der Waals surface area (Å²) in [6.45, 7) is 1.48. The second kappa shape index (κ2) is 6.41. The van der Waals surface area contributed by atoms with Gasteiger partial charge in [-0.1, -0.05) is 11.6 Å². The Labute approximate surface area is 128 Å². The Morgan fingerprint density at radius 1 is 1.52 bits per heavy atom. The molecule has 1 fully saturated rings. The minimum atomic E-state index is -0.569. The van der Waals surface area contributed by atoms with Crippen molar-refractivity contribution in [2.45, 2.75) is 18.9 Å². The summed E-state index contributed by atoms with van der Waals surface area (Å²) in [6.07, 6.45) is 1.92. The van der Waals surface area contributed by atoms with Crippen LogP contribution in [0.25, 0.3) is 0 Å². The van der Waals surface area contributed by atoms with E-state index in [0.717, 1.165) is 19.4 Å². The largest absolute Gasteiger partial charge is 0.334 e. The van der Waals surface area contributed by atoms with Gasteiger partial charge in [0.15, 0.2) is 0 Å². The highest BCUT2D eigenvalue weighted by Crippen LogP contribution is 2.27. The highest BCUT2D eigenvalue weighted by atomic mass is 35.5. The van der Waals surface area contributed by atoms with Crippen molar-refractivity contribution in [3.8, 4) is 0 Å². The van der Waals surface area contributed by atoms with E-state index in [9.17, 15) is 14.9 Å². The number of hydrogen-bond donors (Lipinski definition) is 0. The van der Waals surface area contributed by atoms with Crippen molar-refractivity contribution in [2.24, 2.45) is 0 Å². The molecule has 0 bridgehead atoms. The van der Waals surface area contributed by atoms with Crippen LogP contribution in [0.3, 0.4) is 0 Å². The zero-order chi connectivity index (χ0) is 15.6. The zero-order valence-electron chi connectivity index (χ0n) is 12.1. The summed E-state index contributed by atoms with van der Waals surface area (Å²) in [5, 5.41) is 11.0. The van der Waals surface area contributed by atoms with Gasteiger partial charge in [0.2, 0.25) is 0 Å². The summed E-state index contributed by atoms with van der Waals surface area (Å²) in [5.41, 5.74) is 0.0858. The minimum absolute atomic E-state index is 0.0443. The van der Waals surface area contributed by atoms with E-state index in [1.807, 2.05) is 19.0 Å². The van der Waals surface area contributed by atoms with Crippen LogP contribution in [-0.2, 0) is 0 Å². The summed E-state index contributed by atoms with van der Waals surface area (Å²) in [4.78, 5) is 26.8. The molecule has 1 unspecified atom stereocenters. The van der Waals surface area contributed by atoms with E-state index >= 15 is 0 Å². The van der Waals surface area contributed by atoms with E-state index in [2.05, 4.69) is 0 Å². The molecule has 2 rings (SSSR count). The number of amides is 1. The SMILES string of the molecule is CN(C)CC1CCCN1C(=O)c1ccc(Cl)c([N+](=O)[O-])c1. The Bertz CT molecular complexity index is 562. The first-order valence-electron chi connectivity index (χ1n) is 6.80. The van der Waals surface area contributed by atoms with Crippen LogP contribution in [-0.4, -0.2) is 53.9 Å². The Morgan fingerprint density at radius 3 is 2.86 bits per heavy atom. The summed E-state index contributed by atoms with van der Waals surface area (Å²) < 4.78 is 0. The number of rotatable bonds is 4. The molecule has 6 nitrogen and oxygen atoms in total. The van der Waals surface area contributed by atoms with Crippen molar-refractivity contribution in [3.63, 3.8) is 0 Å². The minimum Gasteiger partial charge on any atom is -0.334 e. The second-order valence-electron chi connectivity index (χ2n) is 5.48. The van der Waals surface area contributed by atoms with Crippen LogP contribution in [0.1, 0.15) is 23.2 Å². The first-order chi connectivity index (χ1) is 9.90. The Morgan fingerprint density at radius 2 is 2.24 bits per heavy atom. The molecule has 0 radical (unpaired) electrons. The maximum absolute atomic E-state index is 12.6. The topological polar surface area (TPSA) is 66.7 Å². The zero-order valence-corrected chi connectivity index (χ0v) is 12.8. The monoisotopic (exact) mass is 311 g/mol.